The van der Waals surface area contributed by atoms with Gasteiger partial charge in [0.15, 0.2) is 0 Å². The van der Waals surface area contributed by atoms with Crippen molar-refractivity contribution in [3.05, 3.63) is 93.0 Å². The van der Waals surface area contributed by atoms with Gasteiger partial charge in [-0.1, -0.05) is 11.6 Å². The molecule has 1 unspecified atom stereocenters. The summed E-state index contributed by atoms with van der Waals surface area (Å²) in [5.41, 5.74) is -0.485. The molecule has 3 aromatic rings. The zero-order valence-electron chi connectivity index (χ0n) is 17.9. The number of non-ortho nitro benzene ring substituents is 1. The van der Waals surface area contributed by atoms with E-state index in [4.69, 9.17) is 11.6 Å². The molecule has 0 aliphatic rings. The van der Waals surface area contributed by atoms with Crippen LogP contribution in [0.5, 0.6) is 0 Å². The Morgan fingerprint density at radius 2 is 1.63 bits per heavy atom. The number of amides is 2. The van der Waals surface area contributed by atoms with Gasteiger partial charge in [0.05, 0.1) is 26.4 Å². The Hall–Kier alpha value is -3.57. The summed E-state index contributed by atoms with van der Waals surface area (Å²) in [4.78, 5) is 35.6. The second-order valence-corrected chi connectivity index (χ2v) is 9.05. The highest BCUT2D eigenvalue weighted by Gasteiger charge is 2.31. The third kappa shape index (κ3) is 6.96. The molecule has 0 bridgehead atoms. The molecule has 3 aromatic carbocycles. The van der Waals surface area contributed by atoms with E-state index in [0.29, 0.717) is 10.6 Å². The smallest absolute Gasteiger partial charge is 0.324 e. The summed E-state index contributed by atoms with van der Waals surface area (Å²) in [5, 5.41) is 15.1. The molecule has 35 heavy (non-hydrogen) atoms. The summed E-state index contributed by atoms with van der Waals surface area (Å²) >= 11 is 7.09. The van der Waals surface area contributed by atoms with Crippen molar-refractivity contribution in [2.75, 3.05) is 10.6 Å². The van der Waals surface area contributed by atoms with Gasteiger partial charge in [0.1, 0.15) is 0 Å². The summed E-state index contributed by atoms with van der Waals surface area (Å²) in [5.74, 6) is -0.988. The average molecular weight is 524 g/mol. The Kier molecular flexibility index (Phi) is 8.03. The van der Waals surface area contributed by atoms with E-state index in [2.05, 4.69) is 10.6 Å². The maximum atomic E-state index is 12.9. The third-order valence-corrected chi connectivity index (χ3v) is 6.13. The van der Waals surface area contributed by atoms with Gasteiger partial charge < -0.3 is 10.6 Å². The molecule has 0 fully saturated rings. The molecule has 0 saturated carbocycles. The second kappa shape index (κ2) is 10.8. The first-order valence-corrected chi connectivity index (χ1v) is 11.2. The van der Waals surface area contributed by atoms with E-state index in [1.807, 2.05) is 0 Å². The van der Waals surface area contributed by atoms with Gasteiger partial charge in [0, 0.05) is 28.3 Å². The van der Waals surface area contributed by atoms with Crippen molar-refractivity contribution in [1.29, 1.82) is 0 Å². The SMILES string of the molecule is CC(Sc1ccc(NC(=O)c2ccc([N+](=O)[O-])cc2)cc1)C(=O)Nc1cc(C(F)(F)F)ccc1Cl. The normalized spacial score (nSPS) is 12.0. The monoisotopic (exact) mass is 523 g/mol. The highest BCUT2D eigenvalue weighted by atomic mass is 35.5. The van der Waals surface area contributed by atoms with Gasteiger partial charge >= 0.3 is 6.18 Å². The van der Waals surface area contributed by atoms with Gasteiger partial charge in [0.2, 0.25) is 5.91 Å². The molecule has 0 aromatic heterocycles. The highest BCUT2D eigenvalue weighted by molar-refractivity contribution is 8.00. The number of nitro benzene ring substituents is 1. The molecule has 3 rings (SSSR count). The number of alkyl halides is 3. The first-order valence-electron chi connectivity index (χ1n) is 9.94. The van der Waals surface area contributed by atoms with E-state index in [1.54, 1.807) is 31.2 Å². The second-order valence-electron chi connectivity index (χ2n) is 7.22. The Balaban J connectivity index is 1.59. The average Bonchev–Trinajstić information content (AvgIpc) is 2.81. The van der Waals surface area contributed by atoms with E-state index in [9.17, 15) is 32.9 Å². The van der Waals surface area contributed by atoms with E-state index in [0.717, 1.165) is 30.0 Å². The fourth-order valence-corrected chi connectivity index (χ4v) is 3.88. The van der Waals surface area contributed by atoms with Crippen molar-refractivity contribution < 1.29 is 27.7 Å². The molecule has 2 N–H and O–H groups in total. The standard InChI is InChI=1S/C23H17ClF3N3O4S/c1-13(21(31)29-20-12-15(23(25,26)27)4-11-19(20)24)35-18-9-5-16(6-10-18)28-22(32)14-2-7-17(8-3-14)30(33)34/h2-13H,1H3,(H,28,32)(H,29,31). The van der Waals surface area contributed by atoms with Gasteiger partial charge in [-0.05, 0) is 61.5 Å². The fraction of sp³-hybridized carbons (Fsp3) is 0.130. The molecule has 0 radical (unpaired) electrons. The number of nitrogens with one attached hydrogen (secondary N) is 2. The lowest BCUT2D eigenvalue weighted by Crippen LogP contribution is -2.22. The van der Waals surface area contributed by atoms with E-state index < -0.39 is 33.7 Å². The zero-order valence-corrected chi connectivity index (χ0v) is 19.5. The van der Waals surface area contributed by atoms with Crippen LogP contribution in [0.25, 0.3) is 0 Å². The Morgan fingerprint density at radius 3 is 2.20 bits per heavy atom. The minimum atomic E-state index is -4.57. The summed E-state index contributed by atoms with van der Waals surface area (Å²) in [7, 11) is 0. The maximum Gasteiger partial charge on any atom is 0.416 e. The van der Waals surface area contributed by atoms with Gasteiger partial charge in [-0.3, -0.25) is 19.7 Å². The van der Waals surface area contributed by atoms with E-state index in [1.165, 1.54) is 24.3 Å². The molecule has 12 heteroatoms. The first kappa shape index (κ1) is 26.0. The van der Waals surface area contributed by atoms with Crippen molar-refractivity contribution in [2.24, 2.45) is 0 Å². The van der Waals surface area contributed by atoms with Gasteiger partial charge in [-0.15, -0.1) is 11.8 Å². The topological polar surface area (TPSA) is 101 Å². The number of anilines is 2. The molecular formula is C23H17ClF3N3O4S. The largest absolute Gasteiger partial charge is 0.416 e. The summed E-state index contributed by atoms with van der Waals surface area (Å²) < 4.78 is 38.8. The van der Waals surface area contributed by atoms with Crippen LogP contribution in [0.1, 0.15) is 22.8 Å². The van der Waals surface area contributed by atoms with Crippen molar-refractivity contribution in [2.45, 2.75) is 23.2 Å². The molecule has 1 atom stereocenters. The number of thioether (sulfide) groups is 1. The number of halogens is 4. The van der Waals surface area contributed by atoms with Crippen LogP contribution >= 0.6 is 23.4 Å². The quantitative estimate of drug-likeness (QED) is 0.205. The minimum Gasteiger partial charge on any atom is -0.324 e. The van der Waals surface area contributed by atoms with Crippen LogP contribution < -0.4 is 10.6 Å². The molecule has 2 amide bonds. The van der Waals surface area contributed by atoms with E-state index in [-0.39, 0.29) is 22.0 Å². The van der Waals surface area contributed by atoms with Crippen LogP contribution in [0.4, 0.5) is 30.2 Å². The lowest BCUT2D eigenvalue weighted by Gasteiger charge is -2.15. The van der Waals surface area contributed by atoms with Crippen LogP contribution in [-0.4, -0.2) is 22.0 Å². The summed E-state index contributed by atoms with van der Waals surface area (Å²) in [6.07, 6.45) is -4.57. The summed E-state index contributed by atoms with van der Waals surface area (Å²) in [6, 6.07) is 14.4. The number of hydrogen-bond acceptors (Lipinski definition) is 5. The number of carbonyl (C=O) groups excluding carboxylic acids is 2. The van der Waals surface area contributed by atoms with Crippen molar-refractivity contribution in [3.8, 4) is 0 Å². The molecule has 0 aliphatic heterocycles. The van der Waals surface area contributed by atoms with Gasteiger partial charge in [-0.25, -0.2) is 0 Å². The lowest BCUT2D eigenvalue weighted by molar-refractivity contribution is -0.384. The molecule has 7 nitrogen and oxygen atoms in total. The van der Waals surface area contributed by atoms with Crippen molar-refractivity contribution in [1.82, 2.24) is 0 Å². The number of nitro groups is 1. The van der Waals surface area contributed by atoms with Crippen LogP contribution in [0.15, 0.2) is 71.6 Å². The molecule has 182 valence electrons. The number of rotatable bonds is 7. The summed E-state index contributed by atoms with van der Waals surface area (Å²) in [6.45, 7) is 1.59. The highest BCUT2D eigenvalue weighted by Crippen LogP contribution is 2.34. The predicted octanol–water partition coefficient (Wildman–Crippen LogP) is 6.64. The number of nitrogens with zero attached hydrogens (tertiary/aromatic N) is 1. The molecule has 0 spiro atoms. The van der Waals surface area contributed by atoms with Gasteiger partial charge in [0.25, 0.3) is 11.6 Å². The van der Waals surface area contributed by atoms with Crippen molar-refractivity contribution >= 4 is 52.2 Å². The minimum absolute atomic E-state index is 0.0170. The molecular weight excluding hydrogens is 507 g/mol. The Morgan fingerprint density at radius 1 is 1.00 bits per heavy atom. The zero-order chi connectivity index (χ0) is 25.8. The van der Waals surface area contributed by atoms with E-state index >= 15 is 0 Å². The Labute approximate surface area is 206 Å². The Bertz CT molecular complexity index is 1250. The number of benzene rings is 3. The van der Waals surface area contributed by atoms with Crippen LogP contribution in [0, 0.1) is 10.1 Å². The lowest BCUT2D eigenvalue weighted by atomic mass is 10.2. The van der Waals surface area contributed by atoms with Crippen LogP contribution in [0.2, 0.25) is 5.02 Å². The molecule has 0 aliphatic carbocycles. The van der Waals surface area contributed by atoms with Crippen LogP contribution in [-0.2, 0) is 11.0 Å². The fourth-order valence-electron chi connectivity index (χ4n) is 2.84. The van der Waals surface area contributed by atoms with Crippen molar-refractivity contribution in [3.63, 3.8) is 0 Å². The van der Waals surface area contributed by atoms with Gasteiger partial charge in [-0.2, -0.15) is 13.2 Å². The number of carbonyl (C=O) groups is 2. The third-order valence-electron chi connectivity index (χ3n) is 4.69. The first-order chi connectivity index (χ1) is 16.4. The van der Waals surface area contributed by atoms with Crippen LogP contribution in [0.3, 0.4) is 0 Å². The predicted molar refractivity (Wildman–Crippen MR) is 128 cm³/mol. The number of hydrogen-bond donors (Lipinski definition) is 2. The molecule has 0 heterocycles. The molecule has 0 saturated heterocycles. The maximum absolute atomic E-state index is 12.9.